The van der Waals surface area contributed by atoms with Gasteiger partial charge in [-0.3, -0.25) is 9.65 Å². The van der Waals surface area contributed by atoms with Gasteiger partial charge in [-0.1, -0.05) is 18.2 Å². The molecule has 0 bridgehead atoms. The Morgan fingerprint density at radius 2 is 2.10 bits per heavy atom. The molecule has 3 rings (SSSR count). The lowest BCUT2D eigenvalue weighted by atomic mass is 10.2. The van der Waals surface area contributed by atoms with Crippen molar-refractivity contribution in [1.82, 2.24) is 15.5 Å². The fraction of sp³-hybridized carbons (Fsp3) is 0.308. The van der Waals surface area contributed by atoms with Crippen LogP contribution in [0.25, 0.3) is 0 Å². The predicted octanol–water partition coefficient (Wildman–Crippen LogP) is 1.13. The Balaban J connectivity index is 0.000000155. The Kier molecular flexibility index (Phi) is 5.07. The summed E-state index contributed by atoms with van der Waals surface area (Å²) < 4.78 is 34.3. The first-order valence-electron chi connectivity index (χ1n) is 6.29. The van der Waals surface area contributed by atoms with Gasteiger partial charge in [-0.2, -0.15) is 13.5 Å². The van der Waals surface area contributed by atoms with E-state index in [9.17, 15) is 8.42 Å². The third kappa shape index (κ3) is 4.11. The first-order valence-corrected chi connectivity index (χ1v) is 7.73. The highest BCUT2D eigenvalue weighted by atomic mass is 32.2. The monoisotopic (exact) mass is 311 g/mol. The number of benzene rings is 1. The first-order chi connectivity index (χ1) is 10.0. The molecule has 1 aromatic heterocycles. The SMILES string of the molecule is COC[C@H]1NCc2[nH]ncc21.O=S(=O)(O)c1ccccc1. The number of aromatic nitrogens is 2. The number of ether oxygens (including phenoxy) is 1. The number of rotatable bonds is 3. The molecule has 1 atom stereocenters. The molecule has 1 aliphatic rings. The molecular formula is C13H17N3O4S. The predicted molar refractivity (Wildman–Crippen MR) is 76.3 cm³/mol. The summed E-state index contributed by atoms with van der Waals surface area (Å²) in [7, 11) is -2.29. The molecule has 1 aliphatic heterocycles. The largest absolute Gasteiger partial charge is 0.383 e. The lowest BCUT2D eigenvalue weighted by Gasteiger charge is -2.07. The molecule has 0 saturated carbocycles. The van der Waals surface area contributed by atoms with E-state index in [0.717, 1.165) is 6.54 Å². The molecule has 2 heterocycles. The zero-order chi connectivity index (χ0) is 15.3. The highest BCUT2D eigenvalue weighted by Gasteiger charge is 2.22. The van der Waals surface area contributed by atoms with Crippen LogP contribution in [0.1, 0.15) is 17.3 Å². The van der Waals surface area contributed by atoms with Crippen molar-refractivity contribution < 1.29 is 17.7 Å². The number of H-pyrrole nitrogens is 1. The Morgan fingerprint density at radius 3 is 2.67 bits per heavy atom. The molecule has 0 radical (unpaired) electrons. The van der Waals surface area contributed by atoms with E-state index in [1.807, 2.05) is 6.20 Å². The maximum atomic E-state index is 10.4. The molecule has 3 N–H and O–H groups in total. The average molecular weight is 311 g/mol. The Morgan fingerprint density at radius 1 is 1.38 bits per heavy atom. The van der Waals surface area contributed by atoms with Gasteiger partial charge in [0.2, 0.25) is 0 Å². The normalized spacial score (nSPS) is 17.0. The Labute approximate surface area is 123 Å². The van der Waals surface area contributed by atoms with Crippen LogP contribution in [0.4, 0.5) is 0 Å². The van der Waals surface area contributed by atoms with Crippen LogP contribution < -0.4 is 5.32 Å². The van der Waals surface area contributed by atoms with E-state index in [-0.39, 0.29) is 4.90 Å². The molecular weight excluding hydrogens is 294 g/mol. The van der Waals surface area contributed by atoms with Gasteiger partial charge in [0.1, 0.15) is 0 Å². The van der Waals surface area contributed by atoms with Crippen molar-refractivity contribution in [3.8, 4) is 0 Å². The summed E-state index contributed by atoms with van der Waals surface area (Å²) >= 11 is 0. The lowest BCUT2D eigenvalue weighted by molar-refractivity contribution is 0.171. The molecule has 0 unspecified atom stereocenters. The topological polar surface area (TPSA) is 104 Å². The smallest absolute Gasteiger partial charge is 0.294 e. The van der Waals surface area contributed by atoms with E-state index in [4.69, 9.17) is 9.29 Å². The number of hydrogen-bond acceptors (Lipinski definition) is 5. The molecule has 2 aromatic rings. The van der Waals surface area contributed by atoms with Crippen molar-refractivity contribution in [2.24, 2.45) is 0 Å². The minimum Gasteiger partial charge on any atom is -0.383 e. The van der Waals surface area contributed by atoms with Crippen LogP contribution in [0.2, 0.25) is 0 Å². The molecule has 114 valence electrons. The first kappa shape index (κ1) is 15.6. The van der Waals surface area contributed by atoms with E-state index < -0.39 is 10.1 Å². The zero-order valence-corrected chi connectivity index (χ0v) is 12.3. The maximum Gasteiger partial charge on any atom is 0.294 e. The van der Waals surface area contributed by atoms with Crippen LogP contribution in [-0.4, -0.2) is 36.9 Å². The van der Waals surface area contributed by atoms with Crippen LogP contribution in [-0.2, 0) is 21.4 Å². The second kappa shape index (κ2) is 6.81. The molecule has 0 aliphatic carbocycles. The van der Waals surface area contributed by atoms with E-state index in [0.29, 0.717) is 12.6 Å². The summed E-state index contributed by atoms with van der Waals surface area (Å²) in [4.78, 5) is -0.0741. The fourth-order valence-corrected chi connectivity index (χ4v) is 2.51. The van der Waals surface area contributed by atoms with Gasteiger partial charge >= 0.3 is 0 Å². The van der Waals surface area contributed by atoms with Crippen LogP contribution in [0.3, 0.4) is 0 Å². The van der Waals surface area contributed by atoms with Crippen LogP contribution in [0, 0.1) is 0 Å². The second-order valence-corrected chi connectivity index (χ2v) is 5.90. The quantitative estimate of drug-likeness (QED) is 0.734. The van der Waals surface area contributed by atoms with Gasteiger partial charge in [-0.05, 0) is 12.1 Å². The molecule has 0 spiro atoms. The lowest BCUT2D eigenvalue weighted by Crippen LogP contribution is -2.17. The van der Waals surface area contributed by atoms with Gasteiger partial charge in [0.15, 0.2) is 0 Å². The number of nitrogens with zero attached hydrogens (tertiary/aromatic N) is 1. The number of aromatic amines is 1. The van der Waals surface area contributed by atoms with Crippen LogP contribution in [0.15, 0.2) is 41.4 Å². The minimum absolute atomic E-state index is 0.0741. The molecule has 1 aromatic carbocycles. The van der Waals surface area contributed by atoms with Crippen molar-refractivity contribution in [2.75, 3.05) is 13.7 Å². The van der Waals surface area contributed by atoms with Gasteiger partial charge in [-0.25, -0.2) is 0 Å². The summed E-state index contributed by atoms with van der Waals surface area (Å²) in [5, 5.41) is 10.2. The van der Waals surface area contributed by atoms with Gasteiger partial charge in [-0.15, -0.1) is 0 Å². The van der Waals surface area contributed by atoms with Gasteiger partial charge in [0.05, 0.1) is 29.4 Å². The van der Waals surface area contributed by atoms with Crippen molar-refractivity contribution in [3.05, 3.63) is 47.8 Å². The van der Waals surface area contributed by atoms with Crippen LogP contribution in [0.5, 0.6) is 0 Å². The van der Waals surface area contributed by atoms with Crippen molar-refractivity contribution in [1.29, 1.82) is 0 Å². The average Bonchev–Trinajstić information content (AvgIpc) is 3.05. The van der Waals surface area contributed by atoms with E-state index in [1.165, 1.54) is 23.4 Å². The number of nitrogens with one attached hydrogen (secondary N) is 2. The summed E-state index contributed by atoms with van der Waals surface area (Å²) in [6.07, 6.45) is 1.86. The second-order valence-electron chi connectivity index (χ2n) is 4.48. The summed E-state index contributed by atoms with van der Waals surface area (Å²) in [5.74, 6) is 0. The van der Waals surface area contributed by atoms with Crippen molar-refractivity contribution >= 4 is 10.1 Å². The molecule has 8 heteroatoms. The number of hydrogen-bond donors (Lipinski definition) is 3. The van der Waals surface area contributed by atoms with E-state index >= 15 is 0 Å². The molecule has 21 heavy (non-hydrogen) atoms. The summed E-state index contributed by atoms with van der Waals surface area (Å²) in [6, 6.07) is 7.75. The highest BCUT2D eigenvalue weighted by Crippen LogP contribution is 2.22. The number of fused-ring (bicyclic) bond motifs is 1. The molecule has 0 amide bonds. The maximum absolute atomic E-state index is 10.4. The van der Waals surface area contributed by atoms with Gasteiger partial charge in [0.25, 0.3) is 10.1 Å². The Hall–Kier alpha value is -1.74. The molecule has 7 nitrogen and oxygen atoms in total. The minimum atomic E-state index is -4.00. The molecule has 0 saturated heterocycles. The number of methoxy groups -OCH3 is 1. The molecule has 0 fully saturated rings. The van der Waals surface area contributed by atoms with Crippen molar-refractivity contribution in [2.45, 2.75) is 17.5 Å². The van der Waals surface area contributed by atoms with E-state index in [2.05, 4.69) is 15.5 Å². The standard InChI is InChI=1S/C7H11N3O.C6H6O3S/c1-11-4-7-5-2-9-10-6(5)3-8-7;7-10(8,9)6-4-2-1-3-5-6/h2,7-8H,3-4H2,1H3,(H,9,10);1-5H,(H,7,8,9)/t7-;/m1./s1. The summed E-state index contributed by atoms with van der Waals surface area (Å²) in [5.41, 5.74) is 2.43. The van der Waals surface area contributed by atoms with Gasteiger partial charge in [0, 0.05) is 19.2 Å². The Bertz CT molecular complexity index is 670. The highest BCUT2D eigenvalue weighted by molar-refractivity contribution is 7.85. The third-order valence-electron chi connectivity index (χ3n) is 3.03. The zero-order valence-electron chi connectivity index (χ0n) is 11.5. The fourth-order valence-electron chi connectivity index (χ4n) is 2.01. The van der Waals surface area contributed by atoms with Crippen molar-refractivity contribution in [3.63, 3.8) is 0 Å². The van der Waals surface area contributed by atoms with Crippen LogP contribution >= 0.6 is 0 Å². The summed E-state index contributed by atoms with van der Waals surface area (Å²) in [6.45, 7) is 1.59. The third-order valence-corrected chi connectivity index (χ3v) is 3.89. The van der Waals surface area contributed by atoms with Gasteiger partial charge < -0.3 is 10.1 Å². The van der Waals surface area contributed by atoms with E-state index in [1.54, 1.807) is 25.3 Å².